The summed E-state index contributed by atoms with van der Waals surface area (Å²) in [5, 5.41) is 2.58. The van der Waals surface area contributed by atoms with Crippen molar-refractivity contribution >= 4 is 23.8 Å². The van der Waals surface area contributed by atoms with E-state index in [0.717, 1.165) is 18.4 Å². The van der Waals surface area contributed by atoms with Crippen molar-refractivity contribution in [3.8, 4) is 0 Å². The number of ether oxygens (including phenoxy) is 2. The molecule has 0 aromatic carbocycles. The highest BCUT2D eigenvalue weighted by Crippen LogP contribution is 2.22. The zero-order chi connectivity index (χ0) is 22.5. The molecule has 0 unspecified atom stereocenters. The number of Topliss-reactive ketones (excluding diaryl/α,β-unsaturated/α-hetero) is 1. The predicted molar refractivity (Wildman–Crippen MR) is 113 cm³/mol. The third-order valence-electron chi connectivity index (χ3n) is 4.36. The van der Waals surface area contributed by atoms with Crippen LogP contribution in [0.3, 0.4) is 0 Å². The van der Waals surface area contributed by atoms with Crippen molar-refractivity contribution in [3.05, 3.63) is 23.9 Å². The number of piperidine rings is 1. The molecule has 0 bridgehead atoms. The minimum absolute atomic E-state index is 0.0534. The van der Waals surface area contributed by atoms with E-state index in [1.54, 1.807) is 44.0 Å². The lowest BCUT2D eigenvalue weighted by molar-refractivity contribution is -0.123. The molecule has 8 heteroatoms. The number of rotatable bonds is 4. The summed E-state index contributed by atoms with van der Waals surface area (Å²) >= 11 is 0. The minimum Gasteiger partial charge on any atom is -0.444 e. The Labute approximate surface area is 178 Å². The van der Waals surface area contributed by atoms with Crippen molar-refractivity contribution in [2.45, 2.75) is 72.0 Å². The third-order valence-corrected chi connectivity index (χ3v) is 4.36. The van der Waals surface area contributed by atoms with Crippen molar-refractivity contribution in [2.75, 3.05) is 18.4 Å². The molecule has 1 saturated heterocycles. The average Bonchev–Trinajstić information content (AvgIpc) is 2.59. The number of nitrogens with zero attached hydrogens (tertiary/aromatic N) is 2. The van der Waals surface area contributed by atoms with Crippen molar-refractivity contribution < 1.29 is 23.9 Å². The maximum absolute atomic E-state index is 12.8. The fourth-order valence-corrected chi connectivity index (χ4v) is 3.14. The number of likely N-dealkylation sites (tertiary alicyclic amines) is 1. The zero-order valence-corrected chi connectivity index (χ0v) is 18.8. The quantitative estimate of drug-likeness (QED) is 0.786. The number of carbonyl (C=O) groups excluding carboxylic acids is 3. The van der Waals surface area contributed by atoms with Gasteiger partial charge in [-0.05, 0) is 72.1 Å². The monoisotopic (exact) mass is 419 g/mol. The van der Waals surface area contributed by atoms with Crippen LogP contribution in [0.15, 0.2) is 18.3 Å². The molecule has 2 amide bonds. The Kier molecular flexibility index (Phi) is 7.44. The summed E-state index contributed by atoms with van der Waals surface area (Å²) in [5.74, 6) is 0.146. The predicted octanol–water partition coefficient (Wildman–Crippen LogP) is 4.19. The molecule has 0 radical (unpaired) electrons. The first-order valence-electron chi connectivity index (χ1n) is 10.3. The molecule has 0 saturated carbocycles. The highest BCUT2D eigenvalue weighted by atomic mass is 16.6. The zero-order valence-electron chi connectivity index (χ0n) is 18.8. The van der Waals surface area contributed by atoms with Crippen LogP contribution in [0.1, 0.15) is 59.9 Å². The average molecular weight is 420 g/mol. The number of carbonyl (C=O) groups is 3. The van der Waals surface area contributed by atoms with Gasteiger partial charge in [-0.15, -0.1) is 0 Å². The van der Waals surface area contributed by atoms with Gasteiger partial charge in [0.2, 0.25) is 0 Å². The van der Waals surface area contributed by atoms with Gasteiger partial charge in [0.05, 0.1) is 0 Å². The standard InChI is InChI=1S/C22H33N3O5/c1-21(2,3)29-19(27)24-18-13-15(9-10-23-18)12-17(26)16-8-7-11-25(14-16)20(28)30-22(4,5)6/h9-10,13,16H,7-8,11-12,14H2,1-6H3,(H,23,24,27)/t16-/m1/s1. The fraction of sp³-hybridized carbons (Fsp3) is 0.636. The molecule has 30 heavy (non-hydrogen) atoms. The van der Waals surface area contributed by atoms with E-state index >= 15 is 0 Å². The van der Waals surface area contributed by atoms with Crippen LogP contribution in [0.2, 0.25) is 0 Å². The Morgan fingerprint density at radius 2 is 1.80 bits per heavy atom. The third kappa shape index (κ3) is 8.00. The summed E-state index contributed by atoms with van der Waals surface area (Å²) in [5.41, 5.74) is -0.434. The van der Waals surface area contributed by atoms with Crippen molar-refractivity contribution in [3.63, 3.8) is 0 Å². The number of anilines is 1. The molecule has 0 spiro atoms. The summed E-state index contributed by atoms with van der Waals surface area (Å²) in [6.45, 7) is 11.8. The Bertz CT molecular complexity index is 780. The number of hydrogen-bond donors (Lipinski definition) is 1. The molecule has 1 aliphatic rings. The first-order chi connectivity index (χ1) is 13.8. The molecule has 8 nitrogen and oxygen atoms in total. The molecule has 2 heterocycles. The highest BCUT2D eigenvalue weighted by Gasteiger charge is 2.31. The van der Waals surface area contributed by atoms with Gasteiger partial charge in [-0.1, -0.05) is 0 Å². The lowest BCUT2D eigenvalue weighted by Gasteiger charge is -2.33. The number of nitrogens with one attached hydrogen (secondary N) is 1. The van der Waals surface area contributed by atoms with Gasteiger partial charge in [0.15, 0.2) is 0 Å². The first kappa shape index (κ1) is 23.6. The summed E-state index contributed by atoms with van der Waals surface area (Å²) in [6.07, 6.45) is 2.28. The molecule has 1 aromatic heterocycles. The van der Waals surface area contributed by atoms with Crippen molar-refractivity contribution in [1.29, 1.82) is 0 Å². The SMILES string of the molecule is CC(C)(C)OC(=O)Nc1cc(CC(=O)[C@@H]2CCCN(C(=O)OC(C)(C)C)C2)ccn1. The second-order valence-corrected chi connectivity index (χ2v) is 9.58. The molecule has 2 rings (SSSR count). The maximum Gasteiger partial charge on any atom is 0.413 e. The van der Waals surface area contributed by atoms with E-state index in [1.807, 2.05) is 20.8 Å². The summed E-state index contributed by atoms with van der Waals surface area (Å²) in [4.78, 5) is 42.8. The minimum atomic E-state index is -0.612. The van der Waals surface area contributed by atoms with E-state index < -0.39 is 17.3 Å². The molecule has 1 aliphatic heterocycles. The molecule has 166 valence electrons. The molecule has 1 fully saturated rings. The normalized spacial score (nSPS) is 17.3. The Hall–Kier alpha value is -2.64. The van der Waals surface area contributed by atoms with E-state index in [9.17, 15) is 14.4 Å². The second-order valence-electron chi connectivity index (χ2n) is 9.58. The Morgan fingerprint density at radius 3 is 2.43 bits per heavy atom. The molecule has 1 atom stereocenters. The van der Waals surface area contributed by atoms with E-state index in [1.165, 1.54) is 0 Å². The number of hydrogen-bond acceptors (Lipinski definition) is 6. The van der Waals surface area contributed by atoms with Gasteiger partial charge in [0, 0.05) is 31.6 Å². The topological polar surface area (TPSA) is 97.8 Å². The first-order valence-corrected chi connectivity index (χ1v) is 10.3. The summed E-state index contributed by atoms with van der Waals surface area (Å²) in [7, 11) is 0. The number of amides is 2. The maximum atomic E-state index is 12.8. The largest absolute Gasteiger partial charge is 0.444 e. The van der Waals surface area contributed by atoms with Crippen molar-refractivity contribution in [1.82, 2.24) is 9.88 Å². The van der Waals surface area contributed by atoms with Gasteiger partial charge in [-0.3, -0.25) is 10.1 Å². The van der Waals surface area contributed by atoms with Crippen LogP contribution in [-0.4, -0.2) is 52.1 Å². The van der Waals surface area contributed by atoms with Crippen LogP contribution in [0.4, 0.5) is 15.4 Å². The van der Waals surface area contributed by atoms with Crippen LogP contribution in [0, 0.1) is 5.92 Å². The van der Waals surface area contributed by atoms with Crippen LogP contribution in [0.5, 0.6) is 0 Å². The van der Waals surface area contributed by atoms with Gasteiger partial charge in [0.1, 0.15) is 22.8 Å². The lowest BCUT2D eigenvalue weighted by Crippen LogP contribution is -2.44. The number of ketones is 1. The van der Waals surface area contributed by atoms with Crippen LogP contribution in [-0.2, 0) is 20.7 Å². The second kappa shape index (κ2) is 9.45. The van der Waals surface area contributed by atoms with Gasteiger partial charge >= 0.3 is 12.2 Å². The summed E-state index contributed by atoms with van der Waals surface area (Å²) in [6, 6.07) is 3.41. The summed E-state index contributed by atoms with van der Waals surface area (Å²) < 4.78 is 10.6. The van der Waals surface area contributed by atoms with E-state index in [4.69, 9.17) is 9.47 Å². The van der Waals surface area contributed by atoms with E-state index in [-0.39, 0.29) is 24.2 Å². The lowest BCUT2D eigenvalue weighted by atomic mass is 9.90. The van der Waals surface area contributed by atoms with Gasteiger partial charge in [0.25, 0.3) is 0 Å². The number of aromatic nitrogens is 1. The smallest absolute Gasteiger partial charge is 0.413 e. The Morgan fingerprint density at radius 1 is 1.13 bits per heavy atom. The van der Waals surface area contributed by atoms with E-state index in [2.05, 4.69) is 10.3 Å². The van der Waals surface area contributed by atoms with Crippen molar-refractivity contribution in [2.24, 2.45) is 5.92 Å². The Balaban J connectivity index is 1.95. The molecule has 0 aliphatic carbocycles. The van der Waals surface area contributed by atoms with Gasteiger partial charge < -0.3 is 14.4 Å². The van der Waals surface area contributed by atoms with Gasteiger partial charge in [-0.2, -0.15) is 0 Å². The molecule has 1 aromatic rings. The van der Waals surface area contributed by atoms with Crippen LogP contribution >= 0.6 is 0 Å². The molecular weight excluding hydrogens is 386 g/mol. The van der Waals surface area contributed by atoms with E-state index in [0.29, 0.717) is 18.9 Å². The molecular formula is C22H33N3O5. The van der Waals surface area contributed by atoms with Crippen LogP contribution < -0.4 is 5.32 Å². The van der Waals surface area contributed by atoms with Crippen LogP contribution in [0.25, 0.3) is 0 Å². The highest BCUT2D eigenvalue weighted by molar-refractivity contribution is 5.86. The molecule has 1 N–H and O–H groups in total. The fourth-order valence-electron chi connectivity index (χ4n) is 3.14. The van der Waals surface area contributed by atoms with Gasteiger partial charge in [-0.25, -0.2) is 14.6 Å². The number of pyridine rings is 1.